The minimum Gasteiger partial charge on any atom is -0.439 e. The van der Waals surface area contributed by atoms with Crippen LogP contribution in [0.15, 0.2) is 54.6 Å². The molecule has 2 aromatic rings. The third-order valence-corrected chi connectivity index (χ3v) is 4.49. The van der Waals surface area contributed by atoms with Gasteiger partial charge in [-0.3, -0.25) is 9.59 Å². The van der Waals surface area contributed by atoms with Crippen molar-refractivity contribution in [2.24, 2.45) is 0 Å². The molecule has 0 N–H and O–H groups in total. The van der Waals surface area contributed by atoms with E-state index in [9.17, 15) is 18.8 Å². The van der Waals surface area contributed by atoms with Crippen molar-refractivity contribution in [3.63, 3.8) is 0 Å². The second-order valence-corrected chi connectivity index (χ2v) is 6.42. The molecular weight excluding hydrogens is 349 g/mol. The molecule has 0 radical (unpaired) electrons. The zero-order valence-corrected chi connectivity index (χ0v) is 14.8. The third-order valence-electron chi connectivity index (χ3n) is 4.49. The van der Waals surface area contributed by atoms with E-state index in [1.165, 1.54) is 24.3 Å². The average Bonchev–Trinajstić information content (AvgIpc) is 3.08. The van der Waals surface area contributed by atoms with Crippen LogP contribution in [0.4, 0.5) is 9.18 Å². The topological polar surface area (TPSA) is 63.7 Å². The molecule has 1 saturated heterocycles. The number of imide groups is 1. The second-order valence-electron chi connectivity index (χ2n) is 6.42. The van der Waals surface area contributed by atoms with Crippen LogP contribution in [0.3, 0.4) is 0 Å². The minimum absolute atomic E-state index is 0.0906. The molecule has 5 nitrogen and oxygen atoms in total. The summed E-state index contributed by atoms with van der Waals surface area (Å²) in [6.45, 7) is 0.205. The number of hydrogen-bond donors (Lipinski definition) is 0. The summed E-state index contributed by atoms with van der Waals surface area (Å²) in [7, 11) is 0. The lowest BCUT2D eigenvalue weighted by Crippen LogP contribution is -2.31. The van der Waals surface area contributed by atoms with E-state index in [4.69, 9.17) is 4.74 Å². The summed E-state index contributed by atoms with van der Waals surface area (Å²) in [6, 6.07) is 14.7. The van der Waals surface area contributed by atoms with Gasteiger partial charge in [-0.15, -0.1) is 0 Å². The van der Waals surface area contributed by atoms with Gasteiger partial charge in [0.25, 0.3) is 0 Å². The fourth-order valence-electron chi connectivity index (χ4n) is 2.98. The number of amides is 2. The van der Waals surface area contributed by atoms with Gasteiger partial charge in [0.2, 0.25) is 5.91 Å². The number of rotatable bonds is 7. The highest BCUT2D eigenvalue weighted by Gasteiger charge is 2.35. The van der Waals surface area contributed by atoms with Gasteiger partial charge in [-0.05, 0) is 42.7 Å². The van der Waals surface area contributed by atoms with Crippen molar-refractivity contribution in [1.82, 2.24) is 4.90 Å². The number of cyclic esters (lactones) is 1. The van der Waals surface area contributed by atoms with E-state index in [1.54, 1.807) is 0 Å². The predicted molar refractivity (Wildman–Crippen MR) is 96.6 cm³/mol. The smallest absolute Gasteiger partial charge is 0.417 e. The Hall–Kier alpha value is -3.02. The summed E-state index contributed by atoms with van der Waals surface area (Å²) >= 11 is 0. The number of benzene rings is 2. The van der Waals surface area contributed by atoms with Gasteiger partial charge in [0.1, 0.15) is 11.9 Å². The number of carbonyl (C=O) groups excluding carboxylic acids is 3. The van der Waals surface area contributed by atoms with Gasteiger partial charge in [-0.2, -0.15) is 0 Å². The van der Waals surface area contributed by atoms with Crippen molar-refractivity contribution >= 4 is 17.8 Å². The van der Waals surface area contributed by atoms with Gasteiger partial charge in [-0.1, -0.05) is 30.3 Å². The maximum Gasteiger partial charge on any atom is 0.417 e. The van der Waals surface area contributed by atoms with Crippen LogP contribution in [-0.4, -0.2) is 29.2 Å². The summed E-state index contributed by atoms with van der Waals surface area (Å²) in [4.78, 5) is 37.4. The number of ether oxygens (including phenoxy) is 1. The first kappa shape index (κ1) is 18.8. The van der Waals surface area contributed by atoms with E-state index in [-0.39, 0.29) is 36.9 Å². The van der Waals surface area contributed by atoms with E-state index < -0.39 is 12.2 Å². The average molecular weight is 369 g/mol. The van der Waals surface area contributed by atoms with E-state index >= 15 is 0 Å². The molecular formula is C21H20FNO4. The lowest BCUT2D eigenvalue weighted by Gasteiger charge is -2.11. The molecule has 27 heavy (non-hydrogen) atoms. The van der Waals surface area contributed by atoms with Crippen molar-refractivity contribution in [3.8, 4) is 0 Å². The maximum absolute atomic E-state index is 12.9. The number of ketones is 1. The largest absolute Gasteiger partial charge is 0.439 e. The Labute approximate surface area is 156 Å². The van der Waals surface area contributed by atoms with Gasteiger partial charge < -0.3 is 4.74 Å². The fourth-order valence-corrected chi connectivity index (χ4v) is 2.98. The number of Topliss-reactive ketones (excluding diaryl/α,β-unsaturated/α-hetero) is 1. The maximum atomic E-state index is 12.9. The van der Waals surface area contributed by atoms with Crippen molar-refractivity contribution in [1.29, 1.82) is 0 Å². The van der Waals surface area contributed by atoms with Crippen molar-refractivity contribution in [3.05, 3.63) is 71.5 Å². The van der Waals surface area contributed by atoms with E-state index in [2.05, 4.69) is 0 Å². The molecule has 140 valence electrons. The van der Waals surface area contributed by atoms with Gasteiger partial charge in [0, 0.05) is 18.4 Å². The Morgan fingerprint density at radius 2 is 1.67 bits per heavy atom. The highest BCUT2D eigenvalue weighted by atomic mass is 19.1. The molecule has 1 atom stereocenters. The zero-order valence-electron chi connectivity index (χ0n) is 14.8. The van der Waals surface area contributed by atoms with Crippen LogP contribution in [0.25, 0.3) is 0 Å². The molecule has 0 unspecified atom stereocenters. The van der Waals surface area contributed by atoms with E-state index in [1.807, 2.05) is 30.3 Å². The molecule has 0 spiro atoms. The lowest BCUT2D eigenvalue weighted by molar-refractivity contribution is -0.127. The predicted octanol–water partition coefficient (Wildman–Crippen LogP) is 4.29. The monoisotopic (exact) mass is 369 g/mol. The second kappa shape index (κ2) is 8.58. The number of nitrogens with zero attached hydrogens (tertiary/aromatic N) is 1. The van der Waals surface area contributed by atoms with Crippen LogP contribution in [0, 0.1) is 5.82 Å². The Morgan fingerprint density at radius 1 is 1.00 bits per heavy atom. The summed E-state index contributed by atoms with van der Waals surface area (Å²) in [6.07, 6.45) is 0.390. The standard InChI is InChI=1S/C21H20FNO4/c22-17-12-10-15(11-13-17)18(24)8-4-5-9-20(25)23-14-19(27-21(23)26)16-6-2-1-3-7-16/h1-3,6-7,10-13,19H,4-5,8-9,14H2/t19-/m1/s1. The summed E-state index contributed by atoms with van der Waals surface area (Å²) in [5.41, 5.74) is 1.31. The molecule has 1 aliphatic rings. The molecule has 1 fully saturated rings. The first-order chi connectivity index (χ1) is 13.0. The van der Waals surface area contributed by atoms with Gasteiger partial charge >= 0.3 is 6.09 Å². The molecule has 2 aromatic carbocycles. The number of halogens is 1. The molecule has 0 saturated carbocycles. The number of carbonyl (C=O) groups is 3. The number of unbranched alkanes of at least 4 members (excludes halogenated alkanes) is 1. The Bertz CT molecular complexity index is 820. The van der Waals surface area contributed by atoms with Gasteiger partial charge in [0.05, 0.1) is 6.54 Å². The van der Waals surface area contributed by atoms with Crippen LogP contribution >= 0.6 is 0 Å². The van der Waals surface area contributed by atoms with Crippen molar-refractivity contribution in [2.45, 2.75) is 31.8 Å². The highest BCUT2D eigenvalue weighted by Crippen LogP contribution is 2.26. The molecule has 0 bridgehead atoms. The molecule has 2 amide bonds. The summed E-state index contributed by atoms with van der Waals surface area (Å²) in [5.74, 6) is -0.775. The van der Waals surface area contributed by atoms with Gasteiger partial charge in [0.15, 0.2) is 5.78 Å². The Morgan fingerprint density at radius 3 is 2.37 bits per heavy atom. The Kier molecular flexibility index (Phi) is 5.96. The van der Waals surface area contributed by atoms with Crippen molar-refractivity contribution < 1.29 is 23.5 Å². The first-order valence-electron chi connectivity index (χ1n) is 8.89. The van der Waals surface area contributed by atoms with Crippen LogP contribution < -0.4 is 0 Å². The first-order valence-corrected chi connectivity index (χ1v) is 8.89. The zero-order chi connectivity index (χ0) is 19.2. The SMILES string of the molecule is O=C(CCCCC(=O)N1C[C@H](c2ccccc2)OC1=O)c1ccc(F)cc1. The molecule has 0 aliphatic carbocycles. The summed E-state index contributed by atoms with van der Waals surface area (Å²) in [5, 5.41) is 0. The van der Waals surface area contributed by atoms with Crippen LogP contribution in [0.1, 0.15) is 47.7 Å². The van der Waals surface area contributed by atoms with Crippen molar-refractivity contribution in [2.75, 3.05) is 6.54 Å². The molecule has 6 heteroatoms. The molecule has 1 heterocycles. The summed E-state index contributed by atoms with van der Waals surface area (Å²) < 4.78 is 18.1. The molecule has 1 aliphatic heterocycles. The van der Waals surface area contributed by atoms with E-state index in [0.29, 0.717) is 18.4 Å². The lowest BCUT2D eigenvalue weighted by atomic mass is 10.0. The van der Waals surface area contributed by atoms with E-state index in [0.717, 1.165) is 10.5 Å². The molecule has 0 aromatic heterocycles. The third kappa shape index (κ3) is 4.78. The molecule has 3 rings (SSSR count). The van der Waals surface area contributed by atoms with Crippen LogP contribution in [0.5, 0.6) is 0 Å². The van der Waals surface area contributed by atoms with Gasteiger partial charge in [-0.25, -0.2) is 14.1 Å². The highest BCUT2D eigenvalue weighted by molar-refractivity contribution is 5.96. The number of hydrogen-bond acceptors (Lipinski definition) is 4. The van der Waals surface area contributed by atoms with Crippen LogP contribution in [-0.2, 0) is 9.53 Å². The minimum atomic E-state index is -0.628. The quantitative estimate of drug-likeness (QED) is 0.539. The fraction of sp³-hybridized carbons (Fsp3) is 0.286. The Balaban J connectivity index is 1.43. The van der Waals surface area contributed by atoms with Crippen LogP contribution in [0.2, 0.25) is 0 Å². The normalized spacial score (nSPS) is 16.3.